The van der Waals surface area contributed by atoms with Crippen molar-refractivity contribution >= 4 is 17.5 Å². The highest BCUT2D eigenvalue weighted by atomic mass is 19.4. The largest absolute Gasteiger partial charge is 0.416 e. The molecule has 1 unspecified atom stereocenters. The van der Waals surface area contributed by atoms with Gasteiger partial charge in [0, 0.05) is 17.8 Å². The molecule has 2 amide bonds. The van der Waals surface area contributed by atoms with Crippen LogP contribution in [0.5, 0.6) is 0 Å². The van der Waals surface area contributed by atoms with E-state index in [1.54, 1.807) is 30.3 Å². The summed E-state index contributed by atoms with van der Waals surface area (Å²) >= 11 is 0. The third-order valence-corrected chi connectivity index (χ3v) is 8.01. The first kappa shape index (κ1) is 30.8. The third-order valence-electron chi connectivity index (χ3n) is 8.01. The van der Waals surface area contributed by atoms with Crippen molar-refractivity contribution in [3.63, 3.8) is 0 Å². The van der Waals surface area contributed by atoms with Crippen molar-refractivity contribution in [2.75, 3.05) is 25.0 Å². The van der Waals surface area contributed by atoms with E-state index >= 15 is 0 Å². The van der Waals surface area contributed by atoms with Crippen LogP contribution in [0, 0.1) is 0 Å². The van der Waals surface area contributed by atoms with Gasteiger partial charge in [-0.2, -0.15) is 13.2 Å². The Balaban J connectivity index is 1.23. The molecule has 0 saturated carbocycles. The van der Waals surface area contributed by atoms with Gasteiger partial charge >= 0.3 is 6.18 Å². The van der Waals surface area contributed by atoms with Gasteiger partial charge in [0.2, 0.25) is 5.91 Å². The predicted octanol–water partition coefficient (Wildman–Crippen LogP) is 7.85. The first-order valence-corrected chi connectivity index (χ1v) is 14.6. The number of likely N-dealkylation sites (tertiary alicyclic amines) is 1. The molecular weight excluding hydrogens is 563 g/mol. The lowest BCUT2D eigenvalue weighted by Gasteiger charge is -2.37. The number of piperidine rings is 1. The number of benzene rings is 4. The van der Waals surface area contributed by atoms with Crippen LogP contribution >= 0.6 is 0 Å². The average molecular weight is 598 g/mol. The Labute approximate surface area is 255 Å². The molecular formula is C36H34F3N3O2. The fourth-order valence-corrected chi connectivity index (χ4v) is 5.73. The smallest absolute Gasteiger partial charge is 0.351 e. The van der Waals surface area contributed by atoms with Gasteiger partial charge < -0.3 is 10.6 Å². The zero-order valence-electron chi connectivity index (χ0n) is 24.2. The van der Waals surface area contributed by atoms with E-state index in [0.29, 0.717) is 34.8 Å². The molecule has 4 aromatic rings. The van der Waals surface area contributed by atoms with Crippen LogP contribution in [0.4, 0.5) is 18.9 Å². The number of amides is 2. The fraction of sp³-hybridized carbons (Fsp3) is 0.222. The Morgan fingerprint density at radius 3 is 2.14 bits per heavy atom. The van der Waals surface area contributed by atoms with Crippen LogP contribution in [-0.2, 0) is 11.0 Å². The van der Waals surface area contributed by atoms with E-state index in [4.69, 9.17) is 0 Å². The minimum atomic E-state index is -4.43. The van der Waals surface area contributed by atoms with E-state index in [0.717, 1.165) is 43.6 Å². The van der Waals surface area contributed by atoms with E-state index < -0.39 is 11.7 Å². The summed E-state index contributed by atoms with van der Waals surface area (Å²) in [5.74, 6) is -0.0539. The molecule has 0 radical (unpaired) electrons. The molecule has 8 heteroatoms. The van der Waals surface area contributed by atoms with Gasteiger partial charge in [-0.3, -0.25) is 14.5 Å². The lowest BCUT2D eigenvalue weighted by atomic mass is 9.88. The molecule has 1 atom stereocenters. The first-order chi connectivity index (χ1) is 21.2. The molecule has 4 aromatic carbocycles. The predicted molar refractivity (Wildman–Crippen MR) is 167 cm³/mol. The van der Waals surface area contributed by atoms with E-state index in [-0.39, 0.29) is 17.9 Å². The SMILES string of the molecule is C=CCNC(=O)C(c1ccccc1)N1CCC(c2ccc(NC(=O)c3ccccc3-c3ccc(C(F)(F)F)cc3)cc2)CC1. The molecule has 5 nitrogen and oxygen atoms in total. The quantitative estimate of drug-likeness (QED) is 0.193. The lowest BCUT2D eigenvalue weighted by molar-refractivity contribution is -0.137. The number of nitrogens with one attached hydrogen (secondary N) is 2. The van der Waals surface area contributed by atoms with Crippen LogP contribution in [-0.4, -0.2) is 36.3 Å². The van der Waals surface area contributed by atoms with Crippen LogP contribution in [0.25, 0.3) is 11.1 Å². The van der Waals surface area contributed by atoms with Gasteiger partial charge in [-0.15, -0.1) is 6.58 Å². The van der Waals surface area contributed by atoms with Gasteiger partial charge in [-0.25, -0.2) is 0 Å². The van der Waals surface area contributed by atoms with Gasteiger partial charge in [-0.1, -0.05) is 78.9 Å². The van der Waals surface area contributed by atoms with Crippen molar-refractivity contribution in [2.45, 2.75) is 31.0 Å². The van der Waals surface area contributed by atoms with Crippen LogP contribution < -0.4 is 10.6 Å². The lowest BCUT2D eigenvalue weighted by Crippen LogP contribution is -2.44. The second kappa shape index (κ2) is 13.7. The Morgan fingerprint density at radius 2 is 1.50 bits per heavy atom. The normalized spacial score (nSPS) is 14.9. The van der Waals surface area contributed by atoms with Crippen molar-refractivity contribution in [2.24, 2.45) is 0 Å². The first-order valence-electron chi connectivity index (χ1n) is 14.6. The summed E-state index contributed by atoms with van der Waals surface area (Å²) in [6.45, 7) is 5.66. The monoisotopic (exact) mass is 597 g/mol. The summed E-state index contributed by atoms with van der Waals surface area (Å²) in [4.78, 5) is 28.5. The van der Waals surface area contributed by atoms with Crippen molar-refractivity contribution in [1.29, 1.82) is 0 Å². The molecule has 1 aliphatic rings. The summed E-state index contributed by atoms with van der Waals surface area (Å²) in [5.41, 5.74) is 3.47. The van der Waals surface area contributed by atoms with Gasteiger partial charge in [0.25, 0.3) is 5.91 Å². The maximum absolute atomic E-state index is 13.2. The number of nitrogens with zero attached hydrogens (tertiary/aromatic N) is 1. The number of carbonyl (C=O) groups excluding carboxylic acids is 2. The minimum Gasteiger partial charge on any atom is -0.351 e. The average Bonchev–Trinajstić information content (AvgIpc) is 3.05. The van der Waals surface area contributed by atoms with Crippen molar-refractivity contribution in [3.8, 4) is 11.1 Å². The molecule has 2 N–H and O–H groups in total. The maximum Gasteiger partial charge on any atom is 0.416 e. The van der Waals surface area contributed by atoms with E-state index in [1.165, 1.54) is 17.7 Å². The molecule has 226 valence electrons. The number of carbonyl (C=O) groups is 2. The molecule has 0 aliphatic carbocycles. The number of hydrogen-bond donors (Lipinski definition) is 2. The molecule has 1 fully saturated rings. The van der Waals surface area contributed by atoms with Gasteiger partial charge in [0.1, 0.15) is 6.04 Å². The van der Waals surface area contributed by atoms with Crippen molar-refractivity contribution in [1.82, 2.24) is 10.2 Å². The zero-order valence-corrected chi connectivity index (χ0v) is 24.2. The molecule has 5 rings (SSSR count). The number of rotatable bonds is 9. The van der Waals surface area contributed by atoms with Crippen LogP contribution in [0.2, 0.25) is 0 Å². The summed E-state index contributed by atoms with van der Waals surface area (Å²) in [6, 6.07) is 28.9. The van der Waals surface area contributed by atoms with E-state index in [9.17, 15) is 22.8 Å². The summed E-state index contributed by atoms with van der Waals surface area (Å²) < 4.78 is 39.0. The highest BCUT2D eigenvalue weighted by Gasteiger charge is 2.32. The highest BCUT2D eigenvalue weighted by Crippen LogP contribution is 2.34. The number of anilines is 1. The zero-order chi connectivity index (χ0) is 31.1. The second-order valence-corrected chi connectivity index (χ2v) is 10.9. The topological polar surface area (TPSA) is 61.4 Å². The summed E-state index contributed by atoms with van der Waals surface area (Å²) in [5, 5.41) is 5.88. The molecule has 1 saturated heterocycles. The second-order valence-electron chi connectivity index (χ2n) is 10.9. The number of hydrogen-bond acceptors (Lipinski definition) is 3. The van der Waals surface area contributed by atoms with Crippen molar-refractivity contribution in [3.05, 3.63) is 138 Å². The molecule has 1 aliphatic heterocycles. The van der Waals surface area contributed by atoms with Crippen molar-refractivity contribution < 1.29 is 22.8 Å². The van der Waals surface area contributed by atoms with E-state index in [1.807, 2.05) is 54.6 Å². The maximum atomic E-state index is 13.2. The Kier molecular flexibility index (Phi) is 9.60. The third kappa shape index (κ3) is 7.26. The van der Waals surface area contributed by atoms with Gasteiger partial charge in [0.05, 0.1) is 5.56 Å². The molecule has 1 heterocycles. The fourth-order valence-electron chi connectivity index (χ4n) is 5.73. The molecule has 0 spiro atoms. The van der Waals surface area contributed by atoms with Crippen LogP contribution in [0.1, 0.15) is 51.8 Å². The van der Waals surface area contributed by atoms with E-state index in [2.05, 4.69) is 22.1 Å². The number of alkyl halides is 3. The Bertz CT molecular complexity index is 1580. The Morgan fingerprint density at radius 1 is 0.864 bits per heavy atom. The number of halogens is 3. The summed E-state index contributed by atoms with van der Waals surface area (Å²) in [6.07, 6.45) is -0.962. The highest BCUT2D eigenvalue weighted by molar-refractivity contribution is 6.08. The standard InChI is InChI=1S/C36H34F3N3O2/c1-2-22-40-35(44)33(28-8-4-3-5-9-28)42-23-20-26(21-24-42)25-14-18-30(19-15-25)41-34(43)32-11-7-6-10-31(32)27-12-16-29(17-13-27)36(37,38)39/h2-19,26,33H,1,20-24H2,(H,40,44)(H,41,43). The van der Waals surface area contributed by atoms with Crippen LogP contribution in [0.15, 0.2) is 116 Å². The Hall–Kier alpha value is -4.69. The van der Waals surface area contributed by atoms with Gasteiger partial charge in [-0.05, 0) is 84.4 Å². The molecule has 44 heavy (non-hydrogen) atoms. The molecule has 0 bridgehead atoms. The summed E-state index contributed by atoms with van der Waals surface area (Å²) in [7, 11) is 0. The molecule has 0 aromatic heterocycles. The van der Waals surface area contributed by atoms with Crippen LogP contribution in [0.3, 0.4) is 0 Å². The minimum absolute atomic E-state index is 0.0328. The van der Waals surface area contributed by atoms with Gasteiger partial charge in [0.15, 0.2) is 0 Å².